The maximum Gasteiger partial charge on any atom is 0.121 e. The third kappa shape index (κ3) is 3.12. The van der Waals surface area contributed by atoms with Crippen LogP contribution < -0.4 is 10.1 Å². The molecule has 0 unspecified atom stereocenters. The summed E-state index contributed by atoms with van der Waals surface area (Å²) in [5, 5.41) is 7.75. The van der Waals surface area contributed by atoms with Gasteiger partial charge < -0.3 is 10.1 Å². The molecular weight excluding hydrogens is 374 g/mol. The number of aromatic nitrogens is 2. The standard InChI is InChI=1S/C13H15Br2N3O/c1-8-13(15)12(18(2)17-8)7-16-11-6-9(19-3)4-5-10(11)14/h4-6,16H,7H2,1-3H3. The smallest absolute Gasteiger partial charge is 0.121 e. The van der Waals surface area contributed by atoms with Gasteiger partial charge in [0.2, 0.25) is 0 Å². The van der Waals surface area contributed by atoms with Crippen molar-refractivity contribution in [1.29, 1.82) is 0 Å². The lowest BCUT2D eigenvalue weighted by molar-refractivity contribution is 0.415. The number of ether oxygens (including phenoxy) is 1. The minimum absolute atomic E-state index is 0.684. The van der Waals surface area contributed by atoms with Crippen LogP contribution in [0.15, 0.2) is 27.1 Å². The Balaban J connectivity index is 2.18. The van der Waals surface area contributed by atoms with Crippen LogP contribution in [-0.2, 0) is 13.6 Å². The number of halogens is 2. The summed E-state index contributed by atoms with van der Waals surface area (Å²) in [5.74, 6) is 0.825. The van der Waals surface area contributed by atoms with Crippen molar-refractivity contribution in [2.24, 2.45) is 7.05 Å². The number of methoxy groups -OCH3 is 1. The minimum atomic E-state index is 0.684. The maximum absolute atomic E-state index is 5.23. The van der Waals surface area contributed by atoms with Gasteiger partial charge in [-0.25, -0.2) is 0 Å². The van der Waals surface area contributed by atoms with E-state index >= 15 is 0 Å². The molecule has 0 aliphatic rings. The Hall–Kier alpha value is -1.01. The molecule has 1 heterocycles. The van der Waals surface area contributed by atoms with Gasteiger partial charge in [-0.2, -0.15) is 5.10 Å². The molecule has 0 fully saturated rings. The molecule has 2 rings (SSSR count). The van der Waals surface area contributed by atoms with Crippen molar-refractivity contribution < 1.29 is 4.74 Å². The molecule has 0 radical (unpaired) electrons. The van der Waals surface area contributed by atoms with Gasteiger partial charge in [0, 0.05) is 17.6 Å². The van der Waals surface area contributed by atoms with Crippen molar-refractivity contribution in [3.63, 3.8) is 0 Å². The van der Waals surface area contributed by atoms with E-state index in [1.54, 1.807) is 7.11 Å². The van der Waals surface area contributed by atoms with E-state index in [9.17, 15) is 0 Å². The van der Waals surface area contributed by atoms with Crippen molar-refractivity contribution in [3.05, 3.63) is 38.5 Å². The molecule has 0 bridgehead atoms. The predicted molar refractivity (Wildman–Crippen MR) is 83.7 cm³/mol. The van der Waals surface area contributed by atoms with Crippen LogP contribution in [-0.4, -0.2) is 16.9 Å². The highest BCUT2D eigenvalue weighted by Crippen LogP contribution is 2.28. The van der Waals surface area contributed by atoms with Crippen LogP contribution in [0.3, 0.4) is 0 Å². The largest absolute Gasteiger partial charge is 0.497 e. The maximum atomic E-state index is 5.23. The van der Waals surface area contributed by atoms with Gasteiger partial charge in [0.15, 0.2) is 0 Å². The average molecular weight is 389 g/mol. The molecule has 1 N–H and O–H groups in total. The van der Waals surface area contributed by atoms with E-state index in [1.807, 2.05) is 36.9 Å². The number of aryl methyl sites for hydroxylation is 2. The van der Waals surface area contributed by atoms with Gasteiger partial charge in [-0.3, -0.25) is 4.68 Å². The van der Waals surface area contributed by atoms with Gasteiger partial charge in [-0.1, -0.05) is 0 Å². The van der Waals surface area contributed by atoms with E-state index in [1.165, 1.54) is 0 Å². The quantitative estimate of drug-likeness (QED) is 0.863. The number of anilines is 1. The van der Waals surface area contributed by atoms with Crippen molar-refractivity contribution in [2.45, 2.75) is 13.5 Å². The molecule has 2 aromatic rings. The Bertz CT molecular complexity index is 596. The summed E-state index contributed by atoms with van der Waals surface area (Å²) < 4.78 is 9.15. The van der Waals surface area contributed by atoms with E-state index in [0.717, 1.165) is 31.8 Å². The van der Waals surface area contributed by atoms with Gasteiger partial charge in [0.1, 0.15) is 5.75 Å². The minimum Gasteiger partial charge on any atom is -0.497 e. The molecule has 4 nitrogen and oxygen atoms in total. The average Bonchev–Trinajstić information content (AvgIpc) is 2.63. The SMILES string of the molecule is COc1ccc(Br)c(NCc2c(Br)c(C)nn2C)c1. The van der Waals surface area contributed by atoms with Crippen molar-refractivity contribution in [2.75, 3.05) is 12.4 Å². The lowest BCUT2D eigenvalue weighted by Gasteiger charge is -2.11. The number of nitrogens with one attached hydrogen (secondary N) is 1. The summed E-state index contributed by atoms with van der Waals surface area (Å²) >= 11 is 7.08. The Morgan fingerprint density at radius 1 is 1.37 bits per heavy atom. The van der Waals surface area contributed by atoms with E-state index in [4.69, 9.17) is 4.74 Å². The van der Waals surface area contributed by atoms with Gasteiger partial charge in [-0.05, 0) is 50.9 Å². The van der Waals surface area contributed by atoms with Crippen molar-refractivity contribution >= 4 is 37.5 Å². The highest BCUT2D eigenvalue weighted by molar-refractivity contribution is 9.11. The predicted octanol–water partition coefficient (Wildman–Crippen LogP) is 3.87. The number of benzene rings is 1. The normalized spacial score (nSPS) is 10.6. The number of nitrogens with zero attached hydrogens (tertiary/aromatic N) is 2. The molecule has 0 aliphatic carbocycles. The molecule has 19 heavy (non-hydrogen) atoms. The molecule has 0 atom stereocenters. The molecule has 1 aromatic heterocycles. The van der Waals surface area contributed by atoms with Gasteiger partial charge in [-0.15, -0.1) is 0 Å². The fourth-order valence-electron chi connectivity index (χ4n) is 1.82. The van der Waals surface area contributed by atoms with Gasteiger partial charge >= 0.3 is 0 Å². The topological polar surface area (TPSA) is 39.1 Å². The molecule has 6 heteroatoms. The third-order valence-corrected chi connectivity index (χ3v) is 4.60. The van der Waals surface area contributed by atoms with Crippen LogP contribution in [0.25, 0.3) is 0 Å². The van der Waals surface area contributed by atoms with Crippen LogP contribution in [0.1, 0.15) is 11.4 Å². The first kappa shape index (κ1) is 14.4. The Kier molecular flexibility index (Phi) is 4.52. The summed E-state index contributed by atoms with van der Waals surface area (Å²) in [6, 6.07) is 5.84. The lowest BCUT2D eigenvalue weighted by atomic mass is 10.3. The summed E-state index contributed by atoms with van der Waals surface area (Å²) in [6.07, 6.45) is 0. The highest BCUT2D eigenvalue weighted by atomic mass is 79.9. The first-order chi connectivity index (χ1) is 9.02. The Morgan fingerprint density at radius 2 is 2.11 bits per heavy atom. The fraction of sp³-hybridized carbons (Fsp3) is 0.308. The van der Waals surface area contributed by atoms with E-state index in [2.05, 4.69) is 42.3 Å². The highest BCUT2D eigenvalue weighted by Gasteiger charge is 2.11. The first-order valence-electron chi connectivity index (χ1n) is 5.78. The summed E-state index contributed by atoms with van der Waals surface area (Å²) in [6.45, 7) is 2.67. The summed E-state index contributed by atoms with van der Waals surface area (Å²) in [4.78, 5) is 0. The van der Waals surface area contributed by atoms with E-state index in [-0.39, 0.29) is 0 Å². The van der Waals surface area contributed by atoms with Crippen molar-refractivity contribution in [1.82, 2.24) is 9.78 Å². The second-order valence-corrected chi connectivity index (χ2v) is 5.82. The monoisotopic (exact) mass is 387 g/mol. The van der Waals surface area contributed by atoms with Crippen LogP contribution in [0.4, 0.5) is 5.69 Å². The second-order valence-electron chi connectivity index (χ2n) is 4.17. The molecule has 1 aromatic carbocycles. The van der Waals surface area contributed by atoms with E-state index < -0.39 is 0 Å². The van der Waals surface area contributed by atoms with Crippen LogP contribution in [0.2, 0.25) is 0 Å². The summed E-state index contributed by atoms with van der Waals surface area (Å²) in [7, 11) is 3.60. The van der Waals surface area contributed by atoms with E-state index in [0.29, 0.717) is 6.54 Å². The zero-order chi connectivity index (χ0) is 14.0. The summed E-state index contributed by atoms with van der Waals surface area (Å²) in [5.41, 5.74) is 3.08. The number of hydrogen-bond acceptors (Lipinski definition) is 3. The van der Waals surface area contributed by atoms with Crippen LogP contribution in [0.5, 0.6) is 5.75 Å². The lowest BCUT2D eigenvalue weighted by Crippen LogP contribution is -2.06. The molecular formula is C13H15Br2N3O. The number of hydrogen-bond donors (Lipinski definition) is 1. The first-order valence-corrected chi connectivity index (χ1v) is 7.37. The fourth-order valence-corrected chi connectivity index (χ4v) is 2.68. The van der Waals surface area contributed by atoms with Gasteiger partial charge in [0.05, 0.1) is 35.2 Å². The Morgan fingerprint density at radius 3 is 2.68 bits per heavy atom. The van der Waals surface area contributed by atoms with Crippen molar-refractivity contribution in [3.8, 4) is 5.75 Å². The van der Waals surface area contributed by atoms with Gasteiger partial charge in [0.25, 0.3) is 0 Å². The molecule has 0 saturated carbocycles. The zero-order valence-corrected chi connectivity index (χ0v) is 14.2. The molecule has 0 saturated heterocycles. The number of rotatable bonds is 4. The second kappa shape index (κ2) is 5.96. The molecule has 102 valence electrons. The Labute approximate surface area is 129 Å². The molecule has 0 amide bonds. The third-order valence-electron chi connectivity index (χ3n) is 2.88. The zero-order valence-electron chi connectivity index (χ0n) is 11.0. The van der Waals surface area contributed by atoms with Crippen LogP contribution >= 0.6 is 31.9 Å². The molecule has 0 aliphatic heterocycles. The molecule has 0 spiro atoms. The van der Waals surface area contributed by atoms with Crippen LogP contribution in [0, 0.1) is 6.92 Å².